The van der Waals surface area contributed by atoms with Crippen molar-refractivity contribution in [2.45, 2.75) is 6.54 Å². The van der Waals surface area contributed by atoms with Gasteiger partial charge in [-0.25, -0.2) is 9.67 Å². The lowest BCUT2D eigenvalue weighted by atomic mass is 10.1. The van der Waals surface area contributed by atoms with Crippen LogP contribution in [-0.2, 0) is 6.54 Å². The summed E-state index contributed by atoms with van der Waals surface area (Å²) < 4.78 is 1.64. The maximum absolute atomic E-state index is 12.4. The highest BCUT2D eigenvalue weighted by atomic mass is 16.2. The third kappa shape index (κ3) is 3.10. The molecule has 0 saturated heterocycles. The number of H-pyrrole nitrogens is 1. The number of nitrogens with one attached hydrogen (secondary N) is 2. The molecular weight excluding hydrogens is 330 g/mol. The highest BCUT2D eigenvalue weighted by molar-refractivity contribution is 5.96. The topological polar surface area (TPSA) is 92.7 Å². The largest absolute Gasteiger partial charge is 0.347 e. The van der Waals surface area contributed by atoms with Crippen molar-refractivity contribution in [2.75, 3.05) is 0 Å². The number of rotatable bonds is 4. The lowest BCUT2D eigenvalue weighted by Gasteiger charge is -2.08. The summed E-state index contributed by atoms with van der Waals surface area (Å²) in [5.74, 6) is 0.325. The van der Waals surface area contributed by atoms with Gasteiger partial charge in [-0.2, -0.15) is 5.10 Å². The van der Waals surface area contributed by atoms with Crippen LogP contribution in [0.25, 0.3) is 16.6 Å². The van der Waals surface area contributed by atoms with E-state index in [1.54, 1.807) is 47.5 Å². The first kappa shape index (κ1) is 15.8. The van der Waals surface area contributed by atoms with Crippen molar-refractivity contribution in [1.82, 2.24) is 25.1 Å². The minimum Gasteiger partial charge on any atom is -0.347 e. The summed E-state index contributed by atoms with van der Waals surface area (Å²) >= 11 is 0. The number of benzene rings is 1. The predicted molar refractivity (Wildman–Crippen MR) is 97.1 cm³/mol. The van der Waals surface area contributed by atoms with E-state index < -0.39 is 0 Å². The van der Waals surface area contributed by atoms with Crippen LogP contribution < -0.4 is 10.9 Å². The number of fused-ring (bicyclic) bond motifs is 1. The number of carbonyl (C=O) groups excluding carboxylic acids is 1. The fourth-order valence-corrected chi connectivity index (χ4v) is 2.71. The Hall–Kier alpha value is -3.74. The monoisotopic (exact) mass is 345 g/mol. The number of hydrogen-bond donors (Lipinski definition) is 2. The smallest absolute Gasteiger partial charge is 0.268 e. The lowest BCUT2D eigenvalue weighted by molar-refractivity contribution is 0.0946. The summed E-state index contributed by atoms with van der Waals surface area (Å²) in [6.07, 6.45) is 5.13. The van der Waals surface area contributed by atoms with E-state index >= 15 is 0 Å². The summed E-state index contributed by atoms with van der Waals surface area (Å²) in [7, 11) is 0. The lowest BCUT2D eigenvalue weighted by Crippen LogP contribution is -2.26. The number of amides is 1. The molecule has 0 aliphatic rings. The van der Waals surface area contributed by atoms with Crippen molar-refractivity contribution in [3.63, 3.8) is 0 Å². The van der Waals surface area contributed by atoms with Crippen LogP contribution in [0, 0.1) is 0 Å². The van der Waals surface area contributed by atoms with Gasteiger partial charge in [0.25, 0.3) is 11.5 Å². The Morgan fingerprint density at radius 2 is 2.00 bits per heavy atom. The summed E-state index contributed by atoms with van der Waals surface area (Å²) in [6.45, 7) is 0.310. The molecule has 0 atom stereocenters. The molecule has 26 heavy (non-hydrogen) atoms. The molecule has 0 aliphatic carbocycles. The average Bonchev–Trinajstić information content (AvgIpc) is 3.21. The minimum absolute atomic E-state index is 0.232. The second-order valence-corrected chi connectivity index (χ2v) is 5.75. The molecule has 7 heteroatoms. The Bertz CT molecular complexity index is 1130. The van der Waals surface area contributed by atoms with E-state index in [1.807, 2.05) is 24.3 Å². The molecule has 1 amide bonds. The van der Waals surface area contributed by atoms with Gasteiger partial charge in [0.1, 0.15) is 5.69 Å². The van der Waals surface area contributed by atoms with E-state index in [2.05, 4.69) is 20.4 Å². The van der Waals surface area contributed by atoms with E-state index in [0.29, 0.717) is 17.7 Å². The third-order valence-corrected chi connectivity index (χ3v) is 4.00. The summed E-state index contributed by atoms with van der Waals surface area (Å²) in [5, 5.41) is 8.23. The molecule has 0 radical (unpaired) electrons. The van der Waals surface area contributed by atoms with Gasteiger partial charge in [0.15, 0.2) is 5.82 Å². The second kappa shape index (κ2) is 6.64. The number of hydrogen-bond acceptors (Lipinski definition) is 4. The Kier molecular flexibility index (Phi) is 4.03. The Morgan fingerprint density at radius 1 is 1.12 bits per heavy atom. The number of aromatic nitrogens is 4. The highest BCUT2D eigenvalue weighted by Gasteiger charge is 2.09. The SMILES string of the molecule is O=C(NCc1ccnc(-n2cccn2)c1)c1cc2ccccc2c(=O)[nH]1. The molecule has 0 unspecified atom stereocenters. The molecule has 0 fully saturated rings. The van der Waals surface area contributed by atoms with E-state index in [-0.39, 0.29) is 17.2 Å². The molecule has 0 bridgehead atoms. The number of carbonyl (C=O) groups is 1. The maximum Gasteiger partial charge on any atom is 0.268 e. The predicted octanol–water partition coefficient (Wildman–Crippen LogP) is 2.04. The van der Waals surface area contributed by atoms with Gasteiger partial charge in [0, 0.05) is 30.5 Å². The Labute approximate surface area is 148 Å². The fourth-order valence-electron chi connectivity index (χ4n) is 2.71. The molecule has 7 nitrogen and oxygen atoms in total. The first-order valence-electron chi connectivity index (χ1n) is 8.06. The number of nitrogens with zero attached hydrogens (tertiary/aromatic N) is 3. The third-order valence-electron chi connectivity index (χ3n) is 4.00. The van der Waals surface area contributed by atoms with Crippen LogP contribution in [0.2, 0.25) is 0 Å². The van der Waals surface area contributed by atoms with Gasteiger partial charge >= 0.3 is 0 Å². The highest BCUT2D eigenvalue weighted by Crippen LogP contribution is 2.10. The minimum atomic E-state index is -0.342. The van der Waals surface area contributed by atoms with Gasteiger partial charge in [0.2, 0.25) is 0 Å². The standard InChI is InChI=1S/C19H15N5O2/c25-18-15-5-2-1-4-14(15)11-16(23-18)19(26)21-12-13-6-8-20-17(10-13)24-9-3-7-22-24/h1-11H,12H2,(H,21,26)(H,23,25). The zero-order valence-corrected chi connectivity index (χ0v) is 13.7. The van der Waals surface area contributed by atoms with Crippen molar-refractivity contribution in [3.8, 4) is 5.82 Å². The van der Waals surface area contributed by atoms with Gasteiger partial charge < -0.3 is 10.3 Å². The Morgan fingerprint density at radius 3 is 2.85 bits per heavy atom. The summed E-state index contributed by atoms with van der Waals surface area (Å²) in [5.41, 5.74) is 0.829. The van der Waals surface area contributed by atoms with E-state index in [4.69, 9.17) is 0 Å². The van der Waals surface area contributed by atoms with Crippen LogP contribution in [0.5, 0.6) is 0 Å². The first-order chi connectivity index (χ1) is 12.7. The van der Waals surface area contributed by atoms with Gasteiger partial charge in [-0.05, 0) is 41.3 Å². The first-order valence-corrected chi connectivity index (χ1v) is 8.06. The van der Waals surface area contributed by atoms with Crippen molar-refractivity contribution in [1.29, 1.82) is 0 Å². The fraction of sp³-hybridized carbons (Fsp3) is 0.0526. The van der Waals surface area contributed by atoms with E-state index in [0.717, 1.165) is 10.9 Å². The molecule has 128 valence electrons. The van der Waals surface area contributed by atoms with E-state index in [9.17, 15) is 9.59 Å². The van der Waals surface area contributed by atoms with Crippen LogP contribution in [0.1, 0.15) is 16.1 Å². The maximum atomic E-state index is 12.4. The molecule has 4 rings (SSSR count). The van der Waals surface area contributed by atoms with Crippen LogP contribution in [0.15, 0.2) is 71.9 Å². The van der Waals surface area contributed by atoms with Crippen LogP contribution in [-0.4, -0.2) is 25.7 Å². The molecule has 3 heterocycles. The molecule has 0 spiro atoms. The molecule has 3 aromatic heterocycles. The average molecular weight is 345 g/mol. The Balaban J connectivity index is 1.53. The van der Waals surface area contributed by atoms with Crippen LogP contribution in [0.4, 0.5) is 0 Å². The number of aromatic amines is 1. The molecule has 2 N–H and O–H groups in total. The van der Waals surface area contributed by atoms with Crippen LogP contribution in [0.3, 0.4) is 0 Å². The van der Waals surface area contributed by atoms with Crippen molar-refractivity contribution < 1.29 is 4.79 Å². The molecule has 4 aromatic rings. The quantitative estimate of drug-likeness (QED) is 0.592. The zero-order valence-electron chi connectivity index (χ0n) is 13.7. The molecule has 0 saturated carbocycles. The van der Waals surface area contributed by atoms with E-state index in [1.165, 1.54) is 0 Å². The van der Waals surface area contributed by atoms with Crippen LogP contribution >= 0.6 is 0 Å². The van der Waals surface area contributed by atoms with Gasteiger partial charge in [0.05, 0.1) is 0 Å². The molecule has 1 aromatic carbocycles. The van der Waals surface area contributed by atoms with Gasteiger partial charge in [-0.3, -0.25) is 9.59 Å². The zero-order chi connectivity index (χ0) is 17.9. The van der Waals surface area contributed by atoms with Gasteiger partial charge in [-0.1, -0.05) is 18.2 Å². The van der Waals surface area contributed by atoms with Crippen molar-refractivity contribution in [2.24, 2.45) is 0 Å². The summed E-state index contributed by atoms with van der Waals surface area (Å²) in [4.78, 5) is 31.4. The number of pyridine rings is 2. The van der Waals surface area contributed by atoms with Gasteiger partial charge in [-0.15, -0.1) is 0 Å². The van der Waals surface area contributed by atoms with Crippen molar-refractivity contribution >= 4 is 16.7 Å². The second-order valence-electron chi connectivity index (χ2n) is 5.75. The van der Waals surface area contributed by atoms with Crippen molar-refractivity contribution in [3.05, 3.63) is 88.7 Å². The molecule has 0 aliphatic heterocycles. The molecular formula is C19H15N5O2. The normalized spacial score (nSPS) is 10.8. The summed E-state index contributed by atoms with van der Waals surface area (Å²) in [6, 6.07) is 14.3.